The maximum atomic E-state index is 12.5. The third-order valence-corrected chi connectivity index (χ3v) is 7.26. The number of aryl methyl sites for hydroxylation is 1. The second-order valence-electron chi connectivity index (χ2n) is 10.0. The summed E-state index contributed by atoms with van der Waals surface area (Å²) in [4.78, 5) is 17.3. The van der Waals surface area contributed by atoms with Crippen molar-refractivity contribution in [3.63, 3.8) is 0 Å². The Balaban J connectivity index is 2.16. The predicted molar refractivity (Wildman–Crippen MR) is 160 cm³/mol. The van der Waals surface area contributed by atoms with E-state index >= 15 is 0 Å². The molecule has 0 saturated carbocycles. The largest absolute Gasteiger partial charge is 0.358 e. The number of unbranched alkanes of at least 4 members (excludes halogenated alkanes) is 2. The molecule has 1 N–H and O–H groups in total. The van der Waals surface area contributed by atoms with Gasteiger partial charge in [-0.25, -0.2) is 0 Å². The van der Waals surface area contributed by atoms with Crippen LogP contribution in [0, 0.1) is 0 Å². The van der Waals surface area contributed by atoms with Crippen molar-refractivity contribution in [1.82, 2.24) is 15.1 Å². The van der Waals surface area contributed by atoms with E-state index in [-0.39, 0.29) is 11.9 Å². The molecular formula is C33H49N3O. The third kappa shape index (κ3) is 9.94. The molecule has 0 aliphatic carbocycles. The molecule has 1 unspecified atom stereocenters. The topological polar surface area (TPSA) is 35.6 Å². The summed E-state index contributed by atoms with van der Waals surface area (Å²) in [6, 6.07) is 15.4. The van der Waals surface area contributed by atoms with Crippen LogP contribution in [0.2, 0.25) is 0 Å². The Morgan fingerprint density at radius 1 is 1.00 bits per heavy atom. The maximum Gasteiger partial charge on any atom is 0.237 e. The van der Waals surface area contributed by atoms with Gasteiger partial charge in [0.15, 0.2) is 0 Å². The Kier molecular flexibility index (Phi) is 14.0. The minimum absolute atomic E-state index is 0.0516. The van der Waals surface area contributed by atoms with Crippen molar-refractivity contribution < 1.29 is 4.79 Å². The number of hydrogen-bond donors (Lipinski definition) is 1. The lowest BCUT2D eigenvalue weighted by molar-refractivity contribution is -0.125. The SMILES string of the molecule is C=CCCC(C(=O)NC)N(C)Cc1cc(CCN(CCCCC)Cc2ccccc2CC)ccc1C=C. The van der Waals surface area contributed by atoms with Crippen LogP contribution in [0.5, 0.6) is 0 Å². The summed E-state index contributed by atoms with van der Waals surface area (Å²) in [5.41, 5.74) is 6.58. The standard InChI is InChI=1S/C33H49N3O/c1-7-11-15-22-36(26-30-17-14-13-16-28(30)9-3)23-21-27-19-20-29(10-4)31(24-27)25-35(6)32(18-12-8-2)33(37)34-5/h8,10,13-14,16-17,19-20,24,32H,2,4,7,9,11-12,15,18,21-23,25-26H2,1,3,5-6H3,(H,34,37). The summed E-state index contributed by atoms with van der Waals surface area (Å²) in [6.45, 7) is 16.2. The number of nitrogens with one attached hydrogen (secondary N) is 1. The second kappa shape index (κ2) is 16.9. The number of likely N-dealkylation sites (N-methyl/N-ethyl adjacent to an activating group) is 2. The summed E-state index contributed by atoms with van der Waals surface area (Å²) in [5, 5.41) is 2.82. The third-order valence-electron chi connectivity index (χ3n) is 7.26. The fourth-order valence-corrected chi connectivity index (χ4v) is 4.96. The van der Waals surface area contributed by atoms with Gasteiger partial charge in [-0.2, -0.15) is 0 Å². The first-order valence-corrected chi connectivity index (χ1v) is 14.0. The van der Waals surface area contributed by atoms with Gasteiger partial charge < -0.3 is 5.32 Å². The number of carbonyl (C=O) groups excluding carboxylic acids is 1. The molecule has 1 atom stereocenters. The first-order valence-electron chi connectivity index (χ1n) is 14.0. The Morgan fingerprint density at radius 2 is 1.76 bits per heavy atom. The maximum absolute atomic E-state index is 12.5. The van der Waals surface area contributed by atoms with Crippen LogP contribution in [0.3, 0.4) is 0 Å². The summed E-state index contributed by atoms with van der Waals surface area (Å²) in [7, 11) is 3.74. The van der Waals surface area contributed by atoms with Crippen molar-refractivity contribution in [3.05, 3.63) is 89.5 Å². The molecule has 0 spiro atoms. The fourth-order valence-electron chi connectivity index (χ4n) is 4.96. The zero-order valence-electron chi connectivity index (χ0n) is 23.8. The smallest absolute Gasteiger partial charge is 0.237 e. The van der Waals surface area contributed by atoms with Crippen LogP contribution >= 0.6 is 0 Å². The Labute approximate surface area is 226 Å². The minimum Gasteiger partial charge on any atom is -0.358 e. The van der Waals surface area contributed by atoms with Crippen molar-refractivity contribution in [2.75, 3.05) is 27.2 Å². The number of rotatable bonds is 18. The van der Waals surface area contributed by atoms with E-state index in [1.165, 1.54) is 41.5 Å². The highest BCUT2D eigenvalue weighted by Crippen LogP contribution is 2.20. The summed E-state index contributed by atoms with van der Waals surface area (Å²) >= 11 is 0. The lowest BCUT2D eigenvalue weighted by Crippen LogP contribution is -2.43. The molecule has 0 fully saturated rings. The second-order valence-corrected chi connectivity index (χ2v) is 10.0. The molecule has 1 amide bonds. The molecule has 0 radical (unpaired) electrons. The molecule has 0 aliphatic heterocycles. The van der Waals surface area contributed by atoms with E-state index in [9.17, 15) is 4.79 Å². The van der Waals surface area contributed by atoms with E-state index in [4.69, 9.17) is 0 Å². The monoisotopic (exact) mass is 503 g/mol. The van der Waals surface area contributed by atoms with Crippen LogP contribution in [0.4, 0.5) is 0 Å². The zero-order valence-corrected chi connectivity index (χ0v) is 23.8. The van der Waals surface area contributed by atoms with Crippen LogP contribution in [0.15, 0.2) is 61.7 Å². The molecule has 202 valence electrons. The van der Waals surface area contributed by atoms with E-state index in [0.717, 1.165) is 50.9 Å². The van der Waals surface area contributed by atoms with E-state index in [2.05, 4.69) is 84.6 Å². The lowest BCUT2D eigenvalue weighted by atomic mass is 10.00. The van der Waals surface area contributed by atoms with Crippen LogP contribution in [0.1, 0.15) is 73.8 Å². The van der Waals surface area contributed by atoms with Gasteiger partial charge in [0.1, 0.15) is 0 Å². The molecule has 0 aliphatic rings. The highest BCUT2D eigenvalue weighted by molar-refractivity contribution is 5.81. The van der Waals surface area contributed by atoms with Crippen molar-refractivity contribution in [2.45, 2.75) is 77.9 Å². The number of carbonyl (C=O) groups is 1. The first kappa shape index (κ1) is 30.5. The van der Waals surface area contributed by atoms with Crippen molar-refractivity contribution in [1.29, 1.82) is 0 Å². The Morgan fingerprint density at radius 3 is 2.41 bits per heavy atom. The van der Waals surface area contributed by atoms with Crippen LogP contribution in [-0.2, 0) is 30.7 Å². The van der Waals surface area contributed by atoms with Crippen molar-refractivity contribution in [2.24, 2.45) is 0 Å². The number of benzene rings is 2. The lowest BCUT2D eigenvalue weighted by Gasteiger charge is -2.27. The molecule has 37 heavy (non-hydrogen) atoms. The Bertz CT molecular complexity index is 983. The molecule has 0 aromatic heterocycles. The van der Waals surface area contributed by atoms with Gasteiger partial charge in [-0.3, -0.25) is 14.6 Å². The van der Waals surface area contributed by atoms with E-state index in [1.807, 2.05) is 19.2 Å². The Hall–Kier alpha value is -2.69. The normalized spacial score (nSPS) is 12.1. The quantitative estimate of drug-likeness (QED) is 0.183. The highest BCUT2D eigenvalue weighted by atomic mass is 16.2. The van der Waals surface area contributed by atoms with Crippen molar-refractivity contribution in [3.8, 4) is 0 Å². The number of hydrogen-bond acceptors (Lipinski definition) is 3. The van der Waals surface area contributed by atoms with Gasteiger partial charge in [0.2, 0.25) is 5.91 Å². The number of amides is 1. The van der Waals surface area contributed by atoms with Gasteiger partial charge >= 0.3 is 0 Å². The van der Waals surface area contributed by atoms with Crippen molar-refractivity contribution >= 4 is 12.0 Å². The molecule has 0 bridgehead atoms. The van der Waals surface area contributed by atoms with Crippen LogP contribution in [-0.4, -0.2) is 48.9 Å². The van der Waals surface area contributed by atoms with Gasteiger partial charge in [-0.1, -0.05) is 87.9 Å². The molecule has 2 aromatic rings. The molecule has 4 heteroatoms. The summed E-state index contributed by atoms with van der Waals surface area (Å²) < 4.78 is 0. The van der Waals surface area contributed by atoms with E-state index < -0.39 is 0 Å². The van der Waals surface area contributed by atoms with Gasteiger partial charge in [0.05, 0.1) is 6.04 Å². The first-order chi connectivity index (χ1) is 18.0. The molecule has 4 nitrogen and oxygen atoms in total. The fraction of sp³-hybridized carbons (Fsp3) is 0.485. The van der Waals surface area contributed by atoms with E-state index in [0.29, 0.717) is 6.54 Å². The average molecular weight is 504 g/mol. The average Bonchev–Trinajstić information content (AvgIpc) is 2.92. The minimum atomic E-state index is -0.183. The number of allylic oxidation sites excluding steroid dienone is 1. The molecule has 2 rings (SSSR count). The van der Waals surface area contributed by atoms with Gasteiger partial charge in [-0.15, -0.1) is 6.58 Å². The summed E-state index contributed by atoms with van der Waals surface area (Å²) in [5.74, 6) is 0.0516. The van der Waals surface area contributed by atoms with Gasteiger partial charge in [0, 0.05) is 26.7 Å². The number of nitrogens with zero attached hydrogens (tertiary/aromatic N) is 2. The van der Waals surface area contributed by atoms with Gasteiger partial charge in [0.25, 0.3) is 0 Å². The molecule has 2 aromatic carbocycles. The molecule has 0 heterocycles. The zero-order chi connectivity index (χ0) is 27.0. The highest BCUT2D eigenvalue weighted by Gasteiger charge is 2.22. The van der Waals surface area contributed by atoms with Gasteiger partial charge in [-0.05, 0) is 73.5 Å². The van der Waals surface area contributed by atoms with Crippen LogP contribution < -0.4 is 5.32 Å². The van der Waals surface area contributed by atoms with E-state index in [1.54, 1.807) is 7.05 Å². The van der Waals surface area contributed by atoms with Crippen LogP contribution in [0.25, 0.3) is 6.08 Å². The molecule has 0 saturated heterocycles. The summed E-state index contributed by atoms with van der Waals surface area (Å²) in [6.07, 6.45) is 11.2. The molecular weight excluding hydrogens is 454 g/mol. The predicted octanol–water partition coefficient (Wildman–Crippen LogP) is 6.64.